The summed E-state index contributed by atoms with van der Waals surface area (Å²) in [6.45, 7) is 4.35. The van der Waals surface area contributed by atoms with E-state index in [9.17, 15) is 4.79 Å². The predicted octanol–water partition coefficient (Wildman–Crippen LogP) is 3.35. The molecule has 0 fully saturated rings. The zero-order valence-electron chi connectivity index (χ0n) is 14.7. The van der Waals surface area contributed by atoms with Gasteiger partial charge in [-0.3, -0.25) is 4.79 Å². The molecule has 3 rings (SSSR count). The standard InChI is InChI=1S/C20H23NO4/c1-13(2)19(14-8-10-15(23-3)11-9-14)21-20(22)18-12-24-16-6-4-5-7-17(16)25-18/h4-11,13,18-19H,12H2,1-3H3,(H,21,22). The molecule has 0 radical (unpaired) electrons. The number of nitrogens with one attached hydrogen (secondary N) is 1. The molecular formula is C20H23NO4. The van der Waals surface area contributed by atoms with Crippen LogP contribution in [0.15, 0.2) is 48.5 Å². The first-order chi connectivity index (χ1) is 12.1. The van der Waals surface area contributed by atoms with Crippen molar-refractivity contribution in [2.24, 2.45) is 5.92 Å². The van der Waals surface area contributed by atoms with Crippen LogP contribution in [0.2, 0.25) is 0 Å². The first kappa shape index (κ1) is 17.1. The molecule has 0 aromatic heterocycles. The molecule has 5 heteroatoms. The lowest BCUT2D eigenvalue weighted by Crippen LogP contribution is -2.46. The lowest BCUT2D eigenvalue weighted by atomic mass is 9.95. The fraction of sp³-hybridized carbons (Fsp3) is 0.350. The maximum absolute atomic E-state index is 12.7. The van der Waals surface area contributed by atoms with E-state index < -0.39 is 6.10 Å². The third-order valence-corrected chi connectivity index (χ3v) is 4.24. The molecule has 132 valence electrons. The second-order valence-corrected chi connectivity index (χ2v) is 6.37. The molecule has 0 aliphatic carbocycles. The number of amides is 1. The Kier molecular flexibility index (Phi) is 5.12. The zero-order chi connectivity index (χ0) is 17.8. The molecule has 5 nitrogen and oxygen atoms in total. The molecule has 2 aromatic carbocycles. The van der Waals surface area contributed by atoms with E-state index in [2.05, 4.69) is 19.2 Å². The Balaban J connectivity index is 1.71. The van der Waals surface area contributed by atoms with Crippen molar-refractivity contribution >= 4 is 5.91 Å². The third kappa shape index (κ3) is 3.87. The summed E-state index contributed by atoms with van der Waals surface area (Å²) < 4.78 is 16.6. The largest absolute Gasteiger partial charge is 0.497 e. The molecule has 25 heavy (non-hydrogen) atoms. The number of carbonyl (C=O) groups excluding carboxylic acids is 1. The Bertz CT molecular complexity index is 727. The van der Waals surface area contributed by atoms with Gasteiger partial charge in [-0.25, -0.2) is 0 Å². The van der Waals surface area contributed by atoms with Gasteiger partial charge in [-0.2, -0.15) is 0 Å². The summed E-state index contributed by atoms with van der Waals surface area (Å²) >= 11 is 0. The fourth-order valence-electron chi connectivity index (χ4n) is 2.84. The van der Waals surface area contributed by atoms with E-state index in [1.807, 2.05) is 42.5 Å². The maximum atomic E-state index is 12.7. The zero-order valence-corrected chi connectivity index (χ0v) is 14.7. The van der Waals surface area contributed by atoms with Crippen molar-refractivity contribution in [2.45, 2.75) is 26.0 Å². The SMILES string of the molecule is COc1ccc(C(NC(=O)C2COc3ccccc3O2)C(C)C)cc1. The first-order valence-electron chi connectivity index (χ1n) is 8.41. The molecule has 0 bridgehead atoms. The Labute approximate surface area is 147 Å². The second kappa shape index (κ2) is 7.47. The van der Waals surface area contributed by atoms with Gasteiger partial charge in [-0.1, -0.05) is 38.1 Å². The van der Waals surface area contributed by atoms with E-state index in [1.54, 1.807) is 13.2 Å². The van der Waals surface area contributed by atoms with Crippen molar-refractivity contribution in [1.82, 2.24) is 5.32 Å². The highest BCUT2D eigenvalue weighted by Gasteiger charge is 2.30. The van der Waals surface area contributed by atoms with E-state index in [-0.39, 0.29) is 24.5 Å². The van der Waals surface area contributed by atoms with Crippen LogP contribution >= 0.6 is 0 Å². The monoisotopic (exact) mass is 341 g/mol. The summed E-state index contributed by atoms with van der Waals surface area (Å²) in [6, 6.07) is 15.0. The molecule has 2 atom stereocenters. The van der Waals surface area contributed by atoms with Gasteiger partial charge in [0.05, 0.1) is 13.2 Å². The highest BCUT2D eigenvalue weighted by atomic mass is 16.6. The van der Waals surface area contributed by atoms with E-state index in [0.717, 1.165) is 11.3 Å². The lowest BCUT2D eigenvalue weighted by Gasteiger charge is -2.29. The van der Waals surface area contributed by atoms with Gasteiger partial charge in [0, 0.05) is 0 Å². The van der Waals surface area contributed by atoms with Gasteiger partial charge in [-0.05, 0) is 35.7 Å². The van der Waals surface area contributed by atoms with Crippen LogP contribution in [-0.4, -0.2) is 25.7 Å². The number of rotatable bonds is 5. The number of hydrogen-bond acceptors (Lipinski definition) is 4. The summed E-state index contributed by atoms with van der Waals surface area (Å²) in [5.41, 5.74) is 1.03. The van der Waals surface area contributed by atoms with Crippen LogP contribution in [0.3, 0.4) is 0 Å². The molecule has 0 saturated heterocycles. The first-order valence-corrected chi connectivity index (χ1v) is 8.41. The van der Waals surface area contributed by atoms with Crippen LogP contribution in [0.25, 0.3) is 0 Å². The van der Waals surface area contributed by atoms with Crippen molar-refractivity contribution in [3.8, 4) is 17.2 Å². The van der Waals surface area contributed by atoms with Crippen LogP contribution in [0.5, 0.6) is 17.2 Å². The molecule has 1 aliphatic rings. The Morgan fingerprint density at radius 3 is 2.44 bits per heavy atom. The molecule has 2 aromatic rings. The van der Waals surface area contributed by atoms with Gasteiger partial charge < -0.3 is 19.5 Å². The van der Waals surface area contributed by atoms with Crippen molar-refractivity contribution in [3.63, 3.8) is 0 Å². The van der Waals surface area contributed by atoms with E-state index >= 15 is 0 Å². The third-order valence-electron chi connectivity index (χ3n) is 4.24. The number of para-hydroxylation sites is 2. The molecule has 0 saturated carbocycles. The Morgan fingerprint density at radius 2 is 1.80 bits per heavy atom. The Hall–Kier alpha value is -2.69. The smallest absolute Gasteiger partial charge is 0.265 e. The number of ether oxygens (including phenoxy) is 3. The average Bonchev–Trinajstić information content (AvgIpc) is 2.65. The topological polar surface area (TPSA) is 56.8 Å². The maximum Gasteiger partial charge on any atom is 0.265 e. The number of fused-ring (bicyclic) bond motifs is 1. The highest BCUT2D eigenvalue weighted by Crippen LogP contribution is 2.31. The van der Waals surface area contributed by atoms with Gasteiger partial charge in [0.25, 0.3) is 5.91 Å². The second-order valence-electron chi connectivity index (χ2n) is 6.37. The van der Waals surface area contributed by atoms with Crippen LogP contribution < -0.4 is 19.5 Å². The number of methoxy groups -OCH3 is 1. The predicted molar refractivity (Wildman–Crippen MR) is 95.1 cm³/mol. The van der Waals surface area contributed by atoms with E-state index in [4.69, 9.17) is 14.2 Å². The molecule has 1 N–H and O–H groups in total. The van der Waals surface area contributed by atoms with Gasteiger partial charge in [0.2, 0.25) is 6.10 Å². The Morgan fingerprint density at radius 1 is 1.12 bits per heavy atom. The quantitative estimate of drug-likeness (QED) is 0.906. The fourth-order valence-corrected chi connectivity index (χ4v) is 2.84. The molecule has 0 spiro atoms. The van der Waals surface area contributed by atoms with Gasteiger partial charge >= 0.3 is 0 Å². The molecule has 1 amide bonds. The van der Waals surface area contributed by atoms with Crippen molar-refractivity contribution in [1.29, 1.82) is 0 Å². The molecular weight excluding hydrogens is 318 g/mol. The summed E-state index contributed by atoms with van der Waals surface area (Å²) in [5.74, 6) is 2.11. The molecule has 1 heterocycles. The van der Waals surface area contributed by atoms with Gasteiger partial charge in [0.15, 0.2) is 11.5 Å². The summed E-state index contributed by atoms with van der Waals surface area (Å²) in [6.07, 6.45) is -0.658. The minimum Gasteiger partial charge on any atom is -0.497 e. The number of benzene rings is 2. The van der Waals surface area contributed by atoms with Gasteiger partial charge in [-0.15, -0.1) is 0 Å². The number of hydrogen-bond donors (Lipinski definition) is 1. The highest BCUT2D eigenvalue weighted by molar-refractivity contribution is 5.82. The van der Waals surface area contributed by atoms with E-state index in [1.165, 1.54) is 0 Å². The minimum absolute atomic E-state index is 0.112. The minimum atomic E-state index is -0.658. The average molecular weight is 341 g/mol. The van der Waals surface area contributed by atoms with Crippen LogP contribution in [0.4, 0.5) is 0 Å². The van der Waals surface area contributed by atoms with Crippen molar-refractivity contribution < 1.29 is 19.0 Å². The van der Waals surface area contributed by atoms with E-state index in [0.29, 0.717) is 11.5 Å². The summed E-state index contributed by atoms with van der Waals surface area (Å²) in [4.78, 5) is 12.7. The lowest BCUT2D eigenvalue weighted by molar-refractivity contribution is -0.131. The van der Waals surface area contributed by atoms with Crippen LogP contribution in [0.1, 0.15) is 25.5 Å². The van der Waals surface area contributed by atoms with Crippen molar-refractivity contribution in [3.05, 3.63) is 54.1 Å². The van der Waals surface area contributed by atoms with Crippen LogP contribution in [-0.2, 0) is 4.79 Å². The number of carbonyl (C=O) groups is 1. The molecule has 1 aliphatic heterocycles. The molecule has 2 unspecified atom stereocenters. The summed E-state index contributed by atoms with van der Waals surface area (Å²) in [7, 11) is 1.63. The normalized spacial score (nSPS) is 17.0. The van der Waals surface area contributed by atoms with Crippen molar-refractivity contribution in [2.75, 3.05) is 13.7 Å². The van der Waals surface area contributed by atoms with Crippen LogP contribution in [0, 0.1) is 5.92 Å². The summed E-state index contributed by atoms with van der Waals surface area (Å²) in [5, 5.41) is 3.09. The van der Waals surface area contributed by atoms with Gasteiger partial charge in [0.1, 0.15) is 12.4 Å².